The zero-order valence-electron chi connectivity index (χ0n) is 15.8. The summed E-state index contributed by atoms with van der Waals surface area (Å²) in [5, 5.41) is 3.37. The van der Waals surface area contributed by atoms with Crippen LogP contribution in [0.25, 0.3) is 0 Å². The third-order valence-electron chi connectivity index (χ3n) is 5.54. The van der Waals surface area contributed by atoms with Crippen molar-refractivity contribution in [2.24, 2.45) is 17.8 Å². The number of esters is 1. The molecule has 0 unspecified atom stereocenters. The lowest BCUT2D eigenvalue weighted by atomic mass is 9.88. The first-order chi connectivity index (χ1) is 12.3. The number of fused-ring (bicyclic) bond motifs is 2. The Bertz CT molecular complexity index is 740. The van der Waals surface area contributed by atoms with Crippen LogP contribution in [-0.4, -0.2) is 43.4 Å². The Labute approximate surface area is 157 Å². The Morgan fingerprint density at radius 2 is 1.96 bits per heavy atom. The minimum atomic E-state index is -0.498. The smallest absolute Gasteiger partial charge is 0.341 e. The van der Waals surface area contributed by atoms with E-state index in [1.54, 1.807) is 27.9 Å². The average Bonchev–Trinajstić information content (AvgIpc) is 3.28. The molecule has 1 heterocycles. The highest BCUT2D eigenvalue weighted by atomic mass is 32.1. The van der Waals surface area contributed by atoms with Crippen molar-refractivity contribution in [2.45, 2.75) is 39.5 Å². The van der Waals surface area contributed by atoms with Gasteiger partial charge in [0.25, 0.3) is 5.91 Å². The molecular formula is C19H26N2O4S. The lowest BCUT2D eigenvalue weighted by Gasteiger charge is -2.20. The maximum Gasteiger partial charge on any atom is 0.341 e. The van der Waals surface area contributed by atoms with Gasteiger partial charge in [0, 0.05) is 20.0 Å². The number of anilines is 1. The number of carbonyl (C=O) groups is 3. The van der Waals surface area contributed by atoms with Crippen molar-refractivity contribution in [3.8, 4) is 0 Å². The molecule has 0 aromatic carbocycles. The van der Waals surface area contributed by atoms with Gasteiger partial charge in [0.1, 0.15) is 5.00 Å². The Balaban J connectivity index is 1.89. The van der Waals surface area contributed by atoms with Gasteiger partial charge in [0.2, 0.25) is 5.91 Å². The van der Waals surface area contributed by atoms with Crippen molar-refractivity contribution in [1.82, 2.24) is 4.90 Å². The molecule has 2 bridgehead atoms. The van der Waals surface area contributed by atoms with Gasteiger partial charge < -0.3 is 15.0 Å². The lowest BCUT2D eigenvalue weighted by Crippen LogP contribution is -2.27. The van der Waals surface area contributed by atoms with Crippen LogP contribution in [0.2, 0.25) is 0 Å². The molecule has 3 rings (SSSR count). The molecule has 7 heteroatoms. The van der Waals surface area contributed by atoms with Crippen LogP contribution in [0.5, 0.6) is 0 Å². The van der Waals surface area contributed by atoms with E-state index in [2.05, 4.69) is 5.32 Å². The molecule has 2 aliphatic carbocycles. The zero-order chi connectivity index (χ0) is 19.0. The van der Waals surface area contributed by atoms with Gasteiger partial charge in [-0.1, -0.05) is 6.42 Å². The van der Waals surface area contributed by atoms with Crippen LogP contribution in [0.1, 0.15) is 58.2 Å². The van der Waals surface area contributed by atoms with E-state index >= 15 is 0 Å². The third kappa shape index (κ3) is 3.37. The summed E-state index contributed by atoms with van der Waals surface area (Å²) >= 11 is 1.16. The second-order valence-electron chi connectivity index (χ2n) is 7.45. The van der Waals surface area contributed by atoms with Crippen LogP contribution in [-0.2, 0) is 9.53 Å². The summed E-state index contributed by atoms with van der Waals surface area (Å²) in [5.41, 5.74) is 0.869. The van der Waals surface area contributed by atoms with Crippen LogP contribution >= 0.6 is 11.3 Å². The predicted molar refractivity (Wildman–Crippen MR) is 101 cm³/mol. The van der Waals surface area contributed by atoms with E-state index in [-0.39, 0.29) is 24.3 Å². The van der Waals surface area contributed by atoms with Crippen LogP contribution in [0.15, 0.2) is 0 Å². The van der Waals surface area contributed by atoms with Gasteiger partial charge in [-0.15, -0.1) is 11.3 Å². The molecule has 26 heavy (non-hydrogen) atoms. The largest absolute Gasteiger partial charge is 0.462 e. The molecule has 6 nitrogen and oxygen atoms in total. The van der Waals surface area contributed by atoms with E-state index in [0.717, 1.165) is 30.6 Å². The second kappa shape index (κ2) is 7.39. The maximum atomic E-state index is 12.8. The first-order valence-corrected chi connectivity index (χ1v) is 9.98. The average molecular weight is 378 g/mol. The van der Waals surface area contributed by atoms with Crippen molar-refractivity contribution in [3.63, 3.8) is 0 Å². The van der Waals surface area contributed by atoms with E-state index in [0.29, 0.717) is 32.8 Å². The van der Waals surface area contributed by atoms with Crippen LogP contribution < -0.4 is 5.32 Å². The Morgan fingerprint density at radius 1 is 1.23 bits per heavy atom. The fourth-order valence-corrected chi connectivity index (χ4v) is 5.45. The summed E-state index contributed by atoms with van der Waals surface area (Å²) in [6.07, 6.45) is 4.40. The van der Waals surface area contributed by atoms with Crippen LogP contribution in [0.3, 0.4) is 0 Å². The minimum Gasteiger partial charge on any atom is -0.462 e. The molecule has 0 spiro atoms. The molecule has 1 aromatic rings. The second-order valence-corrected chi connectivity index (χ2v) is 8.47. The monoisotopic (exact) mass is 378 g/mol. The fourth-order valence-electron chi connectivity index (χ4n) is 4.23. The molecular weight excluding hydrogens is 352 g/mol. The Kier molecular flexibility index (Phi) is 5.37. The van der Waals surface area contributed by atoms with Gasteiger partial charge in [0.05, 0.1) is 17.0 Å². The Morgan fingerprint density at radius 3 is 2.50 bits per heavy atom. The first-order valence-electron chi connectivity index (χ1n) is 9.16. The number of thiophene rings is 1. The summed E-state index contributed by atoms with van der Waals surface area (Å²) in [6, 6.07) is 0. The predicted octanol–water partition coefficient (Wildman–Crippen LogP) is 3.31. The van der Waals surface area contributed by atoms with Crippen molar-refractivity contribution in [3.05, 3.63) is 16.0 Å². The van der Waals surface area contributed by atoms with Crippen molar-refractivity contribution >= 4 is 34.1 Å². The number of rotatable bonds is 5. The van der Waals surface area contributed by atoms with Gasteiger partial charge in [0.15, 0.2) is 0 Å². The summed E-state index contributed by atoms with van der Waals surface area (Å²) < 4.78 is 5.15. The van der Waals surface area contributed by atoms with Gasteiger partial charge in [-0.05, 0) is 50.5 Å². The minimum absolute atomic E-state index is 0.0131. The quantitative estimate of drug-likeness (QED) is 0.798. The fraction of sp³-hybridized carbons (Fsp3) is 0.632. The number of nitrogens with one attached hydrogen (secondary N) is 1. The SMILES string of the molecule is CCOC(=O)c1c(NC(=O)[C@@H]2C[C@@H]3CC[C@@H]2C3)sc(C(=O)N(C)C)c1C. The highest BCUT2D eigenvalue weighted by molar-refractivity contribution is 7.18. The summed E-state index contributed by atoms with van der Waals surface area (Å²) in [5.74, 6) is 0.416. The maximum absolute atomic E-state index is 12.8. The first kappa shape index (κ1) is 18.9. The topological polar surface area (TPSA) is 75.7 Å². The van der Waals surface area contributed by atoms with Gasteiger partial charge in [-0.2, -0.15) is 0 Å². The molecule has 3 atom stereocenters. The molecule has 1 aromatic heterocycles. The van der Waals surface area contributed by atoms with E-state index < -0.39 is 5.97 Å². The highest BCUT2D eigenvalue weighted by Gasteiger charge is 2.43. The summed E-state index contributed by atoms with van der Waals surface area (Å²) in [7, 11) is 3.33. The number of nitrogens with zero attached hydrogens (tertiary/aromatic N) is 1. The molecule has 2 amide bonds. The standard InChI is InChI=1S/C19H26N2O4S/c1-5-25-19(24)14-10(2)15(18(23)21(3)4)26-17(14)20-16(22)13-9-11-6-7-12(13)8-11/h11-13H,5-9H2,1-4H3,(H,20,22)/t11-,12-,13-/m1/s1. The van der Waals surface area contributed by atoms with Gasteiger partial charge in [-0.25, -0.2) is 4.79 Å². The molecule has 0 radical (unpaired) electrons. The Hall–Kier alpha value is -1.89. The van der Waals surface area contributed by atoms with E-state index in [1.807, 2.05) is 0 Å². The molecule has 0 aliphatic heterocycles. The molecule has 2 saturated carbocycles. The number of hydrogen-bond acceptors (Lipinski definition) is 5. The highest BCUT2D eigenvalue weighted by Crippen LogP contribution is 2.49. The summed E-state index contributed by atoms with van der Waals surface area (Å²) in [4.78, 5) is 39.6. The molecule has 1 N–H and O–H groups in total. The molecule has 142 valence electrons. The van der Waals surface area contributed by atoms with Gasteiger partial charge >= 0.3 is 5.97 Å². The number of carbonyl (C=O) groups excluding carboxylic acids is 3. The molecule has 2 fully saturated rings. The van der Waals surface area contributed by atoms with Crippen LogP contribution in [0.4, 0.5) is 5.00 Å². The van der Waals surface area contributed by atoms with Crippen molar-refractivity contribution in [2.75, 3.05) is 26.0 Å². The summed E-state index contributed by atoms with van der Waals surface area (Å²) in [6.45, 7) is 3.70. The molecule has 2 aliphatic rings. The van der Waals surface area contributed by atoms with Crippen molar-refractivity contribution < 1.29 is 19.1 Å². The lowest BCUT2D eigenvalue weighted by molar-refractivity contribution is -0.121. The van der Waals surface area contributed by atoms with E-state index in [1.165, 1.54) is 11.3 Å². The number of amides is 2. The zero-order valence-corrected chi connectivity index (χ0v) is 16.6. The third-order valence-corrected chi connectivity index (χ3v) is 6.73. The van der Waals surface area contributed by atoms with E-state index in [4.69, 9.17) is 4.74 Å². The van der Waals surface area contributed by atoms with Crippen molar-refractivity contribution in [1.29, 1.82) is 0 Å². The molecule has 0 saturated heterocycles. The normalized spacial score (nSPS) is 23.8. The number of hydrogen-bond donors (Lipinski definition) is 1. The van der Waals surface area contributed by atoms with Gasteiger partial charge in [-0.3, -0.25) is 9.59 Å². The van der Waals surface area contributed by atoms with E-state index in [9.17, 15) is 14.4 Å². The number of ether oxygens (including phenoxy) is 1. The van der Waals surface area contributed by atoms with Crippen LogP contribution in [0, 0.1) is 24.7 Å².